The molecule has 4 atom stereocenters. The third-order valence-corrected chi connectivity index (χ3v) is 11.2. The van der Waals surface area contributed by atoms with Gasteiger partial charge in [-0.3, -0.25) is 24.4 Å². The fourth-order valence-electron chi connectivity index (χ4n) is 8.23. The Kier molecular flexibility index (Phi) is 10.00. The van der Waals surface area contributed by atoms with E-state index in [-0.39, 0.29) is 60.0 Å². The van der Waals surface area contributed by atoms with Gasteiger partial charge in [0.05, 0.1) is 17.5 Å². The molecular formula is C42H43ClFN7O5. The average molecular weight is 780 g/mol. The van der Waals surface area contributed by atoms with E-state index in [0.29, 0.717) is 64.4 Å². The van der Waals surface area contributed by atoms with Crippen molar-refractivity contribution < 1.29 is 28.2 Å². The SMILES string of the molecule is CN1C[C@H](NC(=O)c2ccc(C=O)cc2)C[C@H]1COc1nc(N2C[C@H]3CC[C@@H](C2)N3C(=O)OC(C)(C)C)c2cnc(-c3cccc4cccc(Cl)c34)c(F)c2n1. The van der Waals surface area contributed by atoms with Crippen LogP contribution < -0.4 is 15.0 Å². The Labute approximate surface area is 328 Å². The van der Waals surface area contributed by atoms with Gasteiger partial charge in [-0.05, 0) is 70.7 Å². The zero-order chi connectivity index (χ0) is 39.3. The number of likely N-dealkylation sites (N-methyl/N-ethyl adjacent to an activating group) is 1. The summed E-state index contributed by atoms with van der Waals surface area (Å²) in [5.41, 5.74) is 1.06. The van der Waals surface area contributed by atoms with Crippen LogP contribution in [-0.2, 0) is 4.74 Å². The summed E-state index contributed by atoms with van der Waals surface area (Å²) in [5, 5.41) is 5.54. The molecule has 2 aromatic heterocycles. The van der Waals surface area contributed by atoms with Gasteiger partial charge in [0, 0.05) is 65.0 Å². The molecule has 0 radical (unpaired) electrons. The Morgan fingerprint density at radius 2 is 1.71 bits per heavy atom. The van der Waals surface area contributed by atoms with Crippen LogP contribution in [-0.4, -0.2) is 106 Å². The second-order valence-electron chi connectivity index (χ2n) is 15.9. The molecule has 12 nitrogen and oxygen atoms in total. The molecule has 0 saturated carbocycles. The molecule has 3 aliphatic rings. The number of aldehydes is 1. The molecule has 3 aromatic carbocycles. The summed E-state index contributed by atoms with van der Waals surface area (Å²) in [6.45, 7) is 7.29. The number of halogens is 2. The van der Waals surface area contributed by atoms with Crippen LogP contribution in [0.25, 0.3) is 32.9 Å². The number of nitrogens with one attached hydrogen (secondary N) is 1. The number of carbonyl (C=O) groups is 3. The van der Waals surface area contributed by atoms with Gasteiger partial charge in [0.15, 0.2) is 5.82 Å². The van der Waals surface area contributed by atoms with Crippen molar-refractivity contribution in [3.8, 4) is 17.3 Å². The van der Waals surface area contributed by atoms with Crippen LogP contribution >= 0.6 is 11.6 Å². The first-order valence-corrected chi connectivity index (χ1v) is 19.2. The molecule has 5 aromatic rings. The minimum Gasteiger partial charge on any atom is -0.462 e. The van der Waals surface area contributed by atoms with Gasteiger partial charge >= 0.3 is 12.1 Å². The summed E-state index contributed by atoms with van der Waals surface area (Å²) in [6, 6.07) is 17.1. The maximum Gasteiger partial charge on any atom is 0.410 e. The molecule has 5 heterocycles. The molecule has 8 rings (SSSR count). The molecular weight excluding hydrogens is 737 g/mol. The number of rotatable bonds is 8. The predicted molar refractivity (Wildman–Crippen MR) is 212 cm³/mol. The largest absolute Gasteiger partial charge is 0.462 e. The van der Waals surface area contributed by atoms with E-state index in [1.165, 1.54) is 0 Å². The number of ether oxygens (including phenoxy) is 2. The lowest BCUT2D eigenvalue weighted by molar-refractivity contribution is 0.0122. The van der Waals surface area contributed by atoms with E-state index in [9.17, 15) is 14.4 Å². The quantitative estimate of drug-likeness (QED) is 0.166. The standard InChI is InChI=1S/C42H43ClFN7O5/c1-42(2,3)56-41(54)51-28-15-16-29(51)21-50(20-28)38-32-18-45-36(31-9-5-7-25-8-6-10-33(43)34(25)31)35(44)37(32)47-40(48-38)55-23-30-17-27(19-49(30)4)46-39(53)26-13-11-24(22-52)12-14-26/h5-14,18,22,27-30H,15-17,19-21,23H2,1-4H3,(H,46,53)/t27-,28-,29+,30+/m1/s1. The van der Waals surface area contributed by atoms with Crippen LogP contribution in [0.3, 0.4) is 0 Å². The second kappa shape index (κ2) is 14.9. The van der Waals surface area contributed by atoms with Crippen LogP contribution in [0.15, 0.2) is 66.9 Å². The highest BCUT2D eigenvalue weighted by Gasteiger charge is 2.45. The topological polar surface area (TPSA) is 130 Å². The lowest BCUT2D eigenvalue weighted by Crippen LogP contribution is -2.57. The molecule has 56 heavy (non-hydrogen) atoms. The van der Waals surface area contributed by atoms with Crippen molar-refractivity contribution in [2.45, 2.75) is 69.8 Å². The zero-order valence-corrected chi connectivity index (χ0v) is 32.4. The molecule has 290 valence electrons. The van der Waals surface area contributed by atoms with E-state index in [1.807, 2.05) is 57.0 Å². The van der Waals surface area contributed by atoms with Crippen molar-refractivity contribution >= 4 is 57.4 Å². The van der Waals surface area contributed by atoms with Gasteiger partial charge in [0.1, 0.15) is 35.5 Å². The lowest BCUT2D eigenvalue weighted by Gasteiger charge is -2.42. The van der Waals surface area contributed by atoms with Gasteiger partial charge < -0.3 is 19.7 Å². The number of anilines is 1. The molecule has 0 unspecified atom stereocenters. The number of piperazine rings is 1. The summed E-state index contributed by atoms with van der Waals surface area (Å²) in [4.78, 5) is 57.5. The van der Waals surface area contributed by atoms with E-state index < -0.39 is 11.4 Å². The summed E-state index contributed by atoms with van der Waals surface area (Å²) >= 11 is 6.65. The summed E-state index contributed by atoms with van der Waals surface area (Å²) in [5.74, 6) is -0.371. The number of carbonyl (C=O) groups excluding carboxylic acids is 3. The van der Waals surface area contributed by atoms with Gasteiger partial charge in [-0.25, -0.2) is 9.18 Å². The predicted octanol–water partition coefficient (Wildman–Crippen LogP) is 6.92. The normalized spacial score (nSPS) is 21.1. The number of amides is 2. The van der Waals surface area contributed by atoms with E-state index >= 15 is 4.39 Å². The number of benzene rings is 3. The summed E-state index contributed by atoms with van der Waals surface area (Å²) < 4.78 is 29.1. The Morgan fingerprint density at radius 3 is 2.41 bits per heavy atom. The van der Waals surface area contributed by atoms with Gasteiger partial charge in [0.25, 0.3) is 5.91 Å². The van der Waals surface area contributed by atoms with E-state index in [4.69, 9.17) is 26.1 Å². The Bertz CT molecular complexity index is 2320. The number of hydrogen-bond donors (Lipinski definition) is 1. The number of likely N-dealkylation sites (tertiary alicyclic amines) is 1. The molecule has 1 N–H and O–H groups in total. The van der Waals surface area contributed by atoms with Crippen LogP contribution in [0.1, 0.15) is 60.7 Å². The monoisotopic (exact) mass is 779 g/mol. The first-order chi connectivity index (χ1) is 26.9. The molecule has 0 spiro atoms. The molecule has 3 fully saturated rings. The molecule has 2 amide bonds. The van der Waals surface area contributed by atoms with Gasteiger partial charge in [-0.2, -0.15) is 9.97 Å². The maximum absolute atomic E-state index is 17.0. The van der Waals surface area contributed by atoms with Crippen LogP contribution in [0.5, 0.6) is 6.01 Å². The summed E-state index contributed by atoms with van der Waals surface area (Å²) in [6.07, 6.45) is 4.23. The fraction of sp³-hybridized carbons (Fsp3) is 0.381. The Morgan fingerprint density at radius 1 is 1.00 bits per heavy atom. The van der Waals surface area contributed by atoms with Crippen molar-refractivity contribution in [2.75, 3.05) is 38.2 Å². The van der Waals surface area contributed by atoms with Crippen molar-refractivity contribution in [1.29, 1.82) is 0 Å². The van der Waals surface area contributed by atoms with Gasteiger partial charge in [-0.1, -0.05) is 54.1 Å². The lowest BCUT2D eigenvalue weighted by atomic mass is 10.0. The van der Waals surface area contributed by atoms with Crippen molar-refractivity contribution in [2.24, 2.45) is 0 Å². The van der Waals surface area contributed by atoms with E-state index in [2.05, 4.69) is 25.1 Å². The first-order valence-electron chi connectivity index (χ1n) is 18.9. The maximum atomic E-state index is 17.0. The van der Waals surface area contributed by atoms with Crippen LogP contribution in [0, 0.1) is 5.82 Å². The average Bonchev–Trinajstić information content (AvgIpc) is 3.66. The fourth-order valence-corrected chi connectivity index (χ4v) is 8.51. The smallest absolute Gasteiger partial charge is 0.410 e. The molecule has 3 saturated heterocycles. The third kappa shape index (κ3) is 7.33. The van der Waals surface area contributed by atoms with E-state index in [1.54, 1.807) is 42.6 Å². The van der Waals surface area contributed by atoms with Crippen LogP contribution in [0.2, 0.25) is 5.02 Å². The van der Waals surface area contributed by atoms with Gasteiger partial charge in [0.2, 0.25) is 0 Å². The number of nitrogens with zero attached hydrogens (tertiary/aromatic N) is 6. The van der Waals surface area contributed by atoms with Crippen molar-refractivity contribution in [1.82, 2.24) is 30.1 Å². The van der Waals surface area contributed by atoms with Gasteiger partial charge in [-0.15, -0.1) is 0 Å². The summed E-state index contributed by atoms with van der Waals surface area (Å²) in [7, 11) is 1.96. The highest BCUT2D eigenvalue weighted by atomic mass is 35.5. The minimum absolute atomic E-state index is 0.0116. The van der Waals surface area contributed by atoms with Crippen LogP contribution in [0.4, 0.5) is 15.0 Å². The highest BCUT2D eigenvalue weighted by molar-refractivity contribution is 6.36. The van der Waals surface area contributed by atoms with E-state index in [0.717, 1.165) is 24.5 Å². The first kappa shape index (κ1) is 37.5. The Hall–Kier alpha value is -5.40. The second-order valence-corrected chi connectivity index (χ2v) is 16.3. The zero-order valence-electron chi connectivity index (χ0n) is 31.7. The minimum atomic E-state index is -0.624. The third-order valence-electron chi connectivity index (χ3n) is 10.9. The van der Waals surface area contributed by atoms with Crippen molar-refractivity contribution in [3.63, 3.8) is 0 Å². The molecule has 14 heteroatoms. The molecule has 0 aliphatic carbocycles. The number of pyridine rings is 1. The molecule has 2 bridgehead atoms. The number of aromatic nitrogens is 3. The molecule has 3 aliphatic heterocycles. The number of hydrogen-bond acceptors (Lipinski definition) is 10. The Balaban J connectivity index is 1.09. The highest BCUT2D eigenvalue weighted by Crippen LogP contribution is 2.40. The number of fused-ring (bicyclic) bond motifs is 4. The van der Waals surface area contributed by atoms with Crippen molar-refractivity contribution in [3.05, 3.63) is 88.8 Å².